The van der Waals surface area contributed by atoms with Gasteiger partial charge in [0.05, 0.1) is 10.6 Å². The summed E-state index contributed by atoms with van der Waals surface area (Å²) in [4.78, 5) is 3.82. The summed E-state index contributed by atoms with van der Waals surface area (Å²) in [6.45, 7) is 0. The Kier molecular flexibility index (Phi) is 3.56. The number of halogens is 4. The molecule has 0 aliphatic heterocycles. The fourth-order valence-corrected chi connectivity index (χ4v) is 1.87. The second-order valence-corrected chi connectivity index (χ2v) is 4.26. The third kappa shape index (κ3) is 2.20. The second-order valence-electron chi connectivity index (χ2n) is 3.41. The van der Waals surface area contributed by atoms with E-state index in [4.69, 9.17) is 0 Å². The molecule has 0 spiro atoms. The van der Waals surface area contributed by atoms with Gasteiger partial charge in [-0.1, -0.05) is 0 Å². The first-order valence-electron chi connectivity index (χ1n) is 4.89. The molecular formula is C12H7F4NS. The average Bonchev–Trinajstić information content (AvgIpc) is 2.36. The smallest absolute Gasteiger partial charge is 0.219 e. The van der Waals surface area contributed by atoms with Gasteiger partial charge in [0.25, 0.3) is 0 Å². The summed E-state index contributed by atoms with van der Waals surface area (Å²) in [6.07, 6.45) is 1.66. The third-order valence-corrected chi connectivity index (χ3v) is 3.09. The van der Waals surface area contributed by atoms with Crippen LogP contribution in [-0.4, -0.2) is 11.2 Å². The van der Waals surface area contributed by atoms with E-state index in [2.05, 4.69) is 4.98 Å². The Bertz CT molecular complexity index is 601. The van der Waals surface area contributed by atoms with Crippen LogP contribution in [0.15, 0.2) is 29.2 Å². The molecule has 0 unspecified atom stereocenters. The number of rotatable bonds is 2. The van der Waals surface area contributed by atoms with E-state index < -0.39 is 23.4 Å². The molecule has 1 aromatic heterocycles. The van der Waals surface area contributed by atoms with Gasteiger partial charge in [-0.05, 0) is 30.5 Å². The lowest BCUT2D eigenvalue weighted by Gasteiger charge is -2.05. The fourth-order valence-electron chi connectivity index (χ4n) is 1.45. The van der Waals surface area contributed by atoms with E-state index in [1.807, 2.05) is 0 Å². The van der Waals surface area contributed by atoms with Gasteiger partial charge in [0, 0.05) is 5.56 Å². The van der Waals surface area contributed by atoms with Gasteiger partial charge in [0.15, 0.2) is 17.5 Å². The molecule has 2 aromatic rings. The molecule has 2 rings (SSSR count). The van der Waals surface area contributed by atoms with Crippen molar-refractivity contribution < 1.29 is 17.6 Å². The highest BCUT2D eigenvalue weighted by atomic mass is 32.2. The summed E-state index contributed by atoms with van der Waals surface area (Å²) in [7, 11) is 0. The first-order valence-corrected chi connectivity index (χ1v) is 6.11. The van der Waals surface area contributed by atoms with Gasteiger partial charge in [0.1, 0.15) is 0 Å². The fraction of sp³-hybridized carbons (Fsp3) is 0.0833. The topological polar surface area (TPSA) is 12.9 Å². The van der Waals surface area contributed by atoms with Crippen molar-refractivity contribution in [3.8, 4) is 11.3 Å². The van der Waals surface area contributed by atoms with Crippen molar-refractivity contribution in [1.29, 1.82) is 0 Å². The normalized spacial score (nSPS) is 10.7. The van der Waals surface area contributed by atoms with Crippen LogP contribution < -0.4 is 0 Å². The number of nitrogens with zero attached hydrogens (tertiary/aromatic N) is 1. The van der Waals surface area contributed by atoms with Crippen LogP contribution in [0.25, 0.3) is 11.3 Å². The maximum atomic E-state index is 13.5. The molecular weight excluding hydrogens is 266 g/mol. The van der Waals surface area contributed by atoms with E-state index in [9.17, 15) is 17.6 Å². The highest BCUT2D eigenvalue weighted by molar-refractivity contribution is 7.98. The summed E-state index contributed by atoms with van der Waals surface area (Å²) in [5.41, 5.74) is -0.359. The number of aromatic nitrogens is 1. The lowest BCUT2D eigenvalue weighted by Crippen LogP contribution is -1.97. The number of benzene rings is 1. The summed E-state index contributed by atoms with van der Waals surface area (Å²) in [5.74, 6) is -5.04. The van der Waals surface area contributed by atoms with Crippen LogP contribution in [0.2, 0.25) is 0 Å². The number of hydrogen-bond acceptors (Lipinski definition) is 2. The van der Waals surface area contributed by atoms with Crippen molar-refractivity contribution in [2.24, 2.45) is 0 Å². The maximum Gasteiger partial charge on any atom is 0.227 e. The maximum absolute atomic E-state index is 13.5. The quantitative estimate of drug-likeness (QED) is 0.354. The minimum Gasteiger partial charge on any atom is -0.219 e. The van der Waals surface area contributed by atoms with Gasteiger partial charge in [0.2, 0.25) is 5.95 Å². The van der Waals surface area contributed by atoms with E-state index in [0.717, 1.165) is 23.9 Å². The van der Waals surface area contributed by atoms with Crippen LogP contribution >= 0.6 is 11.8 Å². The zero-order chi connectivity index (χ0) is 13.3. The molecule has 0 bridgehead atoms. The predicted octanol–water partition coefficient (Wildman–Crippen LogP) is 4.03. The summed E-state index contributed by atoms with van der Waals surface area (Å²) >= 11 is 1.14. The molecule has 6 heteroatoms. The van der Waals surface area contributed by atoms with E-state index in [-0.39, 0.29) is 11.3 Å². The van der Waals surface area contributed by atoms with Gasteiger partial charge >= 0.3 is 0 Å². The molecule has 18 heavy (non-hydrogen) atoms. The molecule has 1 heterocycles. The van der Waals surface area contributed by atoms with Crippen molar-refractivity contribution >= 4 is 11.8 Å². The van der Waals surface area contributed by atoms with Gasteiger partial charge in [-0.3, -0.25) is 0 Å². The first-order chi connectivity index (χ1) is 8.54. The van der Waals surface area contributed by atoms with Crippen LogP contribution in [0.3, 0.4) is 0 Å². The Morgan fingerprint density at radius 3 is 2.28 bits per heavy atom. The molecule has 0 atom stereocenters. The lowest BCUT2D eigenvalue weighted by atomic mass is 10.1. The van der Waals surface area contributed by atoms with Crippen molar-refractivity contribution in [2.45, 2.75) is 4.90 Å². The molecule has 0 saturated heterocycles. The van der Waals surface area contributed by atoms with Crippen molar-refractivity contribution in [2.75, 3.05) is 6.26 Å². The van der Waals surface area contributed by atoms with Gasteiger partial charge in [-0.25, -0.2) is 18.2 Å². The first kappa shape index (κ1) is 12.9. The van der Waals surface area contributed by atoms with E-state index >= 15 is 0 Å². The Balaban J connectivity index is 2.56. The molecule has 1 aromatic carbocycles. The van der Waals surface area contributed by atoms with Crippen molar-refractivity contribution in [3.05, 3.63) is 47.7 Å². The monoisotopic (exact) mass is 273 g/mol. The Morgan fingerprint density at radius 2 is 1.67 bits per heavy atom. The van der Waals surface area contributed by atoms with Crippen molar-refractivity contribution in [1.82, 2.24) is 4.98 Å². The highest BCUT2D eigenvalue weighted by Crippen LogP contribution is 2.27. The number of thioether (sulfide) groups is 1. The standard InChI is InChI=1S/C12H7F4NS/c1-18-9-5-4-8(17-12(9)16)6-2-3-7(13)11(15)10(6)14/h2-5H,1H3. The minimum absolute atomic E-state index is 0.0818. The van der Waals surface area contributed by atoms with Crippen LogP contribution in [0.1, 0.15) is 0 Å². The number of pyridine rings is 1. The molecule has 0 aliphatic carbocycles. The lowest BCUT2D eigenvalue weighted by molar-refractivity contribution is 0.448. The van der Waals surface area contributed by atoms with Gasteiger partial charge in [-0.15, -0.1) is 11.8 Å². The third-order valence-electron chi connectivity index (χ3n) is 2.35. The molecule has 0 amide bonds. The van der Waals surface area contributed by atoms with Crippen LogP contribution in [0, 0.1) is 23.4 Å². The van der Waals surface area contributed by atoms with Crippen LogP contribution in [0.5, 0.6) is 0 Å². The molecule has 1 nitrogen and oxygen atoms in total. The van der Waals surface area contributed by atoms with Gasteiger partial charge < -0.3 is 0 Å². The average molecular weight is 273 g/mol. The SMILES string of the molecule is CSc1ccc(-c2ccc(F)c(F)c2F)nc1F. The highest BCUT2D eigenvalue weighted by Gasteiger charge is 2.16. The van der Waals surface area contributed by atoms with Crippen LogP contribution in [-0.2, 0) is 0 Å². The minimum atomic E-state index is -1.59. The summed E-state index contributed by atoms with van der Waals surface area (Å²) < 4.78 is 52.7. The van der Waals surface area contributed by atoms with Gasteiger partial charge in [-0.2, -0.15) is 4.39 Å². The zero-order valence-electron chi connectivity index (χ0n) is 9.18. The van der Waals surface area contributed by atoms with Crippen LogP contribution in [0.4, 0.5) is 17.6 Å². The van der Waals surface area contributed by atoms with E-state index in [1.54, 1.807) is 6.26 Å². The molecule has 0 aliphatic rings. The molecule has 0 N–H and O–H groups in total. The summed E-state index contributed by atoms with van der Waals surface area (Å²) in [5, 5.41) is 0. The predicted molar refractivity (Wildman–Crippen MR) is 61.3 cm³/mol. The largest absolute Gasteiger partial charge is 0.227 e. The zero-order valence-corrected chi connectivity index (χ0v) is 9.99. The molecule has 0 radical (unpaired) electrons. The molecule has 94 valence electrons. The Morgan fingerprint density at radius 1 is 0.944 bits per heavy atom. The Hall–Kier alpha value is -1.56. The second kappa shape index (κ2) is 4.97. The molecule has 0 saturated carbocycles. The van der Waals surface area contributed by atoms with Crippen molar-refractivity contribution in [3.63, 3.8) is 0 Å². The van der Waals surface area contributed by atoms with E-state index in [1.165, 1.54) is 12.1 Å². The Labute approximate surface area is 105 Å². The van der Waals surface area contributed by atoms with E-state index in [0.29, 0.717) is 4.90 Å². The molecule has 0 fully saturated rings. The number of hydrogen-bond donors (Lipinski definition) is 0. The summed E-state index contributed by atoms with van der Waals surface area (Å²) in [6, 6.07) is 4.55.